The number of piperidine rings is 1. The van der Waals surface area contributed by atoms with Crippen molar-refractivity contribution in [3.05, 3.63) is 29.8 Å². The Morgan fingerprint density at radius 1 is 1.15 bits per heavy atom. The zero-order valence-corrected chi connectivity index (χ0v) is 12.0. The number of primary sulfonamides is 1. The highest BCUT2D eigenvalue weighted by Crippen LogP contribution is 2.10. The first kappa shape index (κ1) is 14.8. The van der Waals surface area contributed by atoms with Crippen molar-refractivity contribution in [2.75, 3.05) is 13.1 Å². The second-order valence-corrected chi connectivity index (χ2v) is 6.46. The number of carbonyl (C=O) groups is 1. The predicted octanol–water partition coefficient (Wildman–Crippen LogP) is 1.03. The topological polar surface area (TPSA) is 92.5 Å². The molecule has 1 heterocycles. The van der Waals surface area contributed by atoms with Crippen molar-refractivity contribution in [3.8, 4) is 0 Å². The molecule has 0 unspecified atom stereocenters. The SMILES string of the molecule is NS(=O)(=O)c1ccc(CNC(=O)N2CCCCC2)cc1. The molecule has 1 fully saturated rings. The highest BCUT2D eigenvalue weighted by atomic mass is 32.2. The number of rotatable bonds is 3. The molecular weight excluding hydrogens is 278 g/mol. The number of nitrogens with two attached hydrogens (primary N) is 1. The predicted molar refractivity (Wildman–Crippen MR) is 75.5 cm³/mol. The highest BCUT2D eigenvalue weighted by Gasteiger charge is 2.15. The number of hydrogen-bond acceptors (Lipinski definition) is 3. The Labute approximate surface area is 119 Å². The van der Waals surface area contributed by atoms with Crippen molar-refractivity contribution in [1.29, 1.82) is 0 Å². The molecule has 1 saturated heterocycles. The van der Waals surface area contributed by atoms with E-state index >= 15 is 0 Å². The molecule has 7 heteroatoms. The molecule has 2 amide bonds. The molecular formula is C13H19N3O3S. The van der Waals surface area contributed by atoms with Gasteiger partial charge in [0.25, 0.3) is 0 Å². The van der Waals surface area contributed by atoms with E-state index in [0.717, 1.165) is 31.5 Å². The molecule has 0 radical (unpaired) electrons. The van der Waals surface area contributed by atoms with Crippen LogP contribution in [0.5, 0.6) is 0 Å². The van der Waals surface area contributed by atoms with Crippen LogP contribution in [0, 0.1) is 0 Å². The third-order valence-corrected chi connectivity index (χ3v) is 4.27. The van der Waals surface area contributed by atoms with Gasteiger partial charge in [0, 0.05) is 19.6 Å². The first-order chi connectivity index (χ1) is 9.47. The molecule has 0 aromatic heterocycles. The maximum Gasteiger partial charge on any atom is 0.317 e. The van der Waals surface area contributed by atoms with E-state index in [0.29, 0.717) is 6.54 Å². The lowest BCUT2D eigenvalue weighted by molar-refractivity contribution is 0.186. The minimum absolute atomic E-state index is 0.0692. The van der Waals surface area contributed by atoms with E-state index in [4.69, 9.17) is 5.14 Å². The number of urea groups is 1. The standard InChI is InChI=1S/C13H19N3O3S/c14-20(18,19)12-6-4-11(5-7-12)10-15-13(17)16-8-2-1-3-9-16/h4-7H,1-3,8-10H2,(H,15,17)(H2,14,18,19). The van der Waals surface area contributed by atoms with E-state index < -0.39 is 10.0 Å². The fourth-order valence-electron chi connectivity index (χ4n) is 2.18. The lowest BCUT2D eigenvalue weighted by atomic mass is 10.1. The smallest absolute Gasteiger partial charge is 0.317 e. The molecule has 3 N–H and O–H groups in total. The zero-order chi connectivity index (χ0) is 14.6. The second kappa shape index (κ2) is 6.23. The van der Waals surface area contributed by atoms with Gasteiger partial charge < -0.3 is 10.2 Å². The van der Waals surface area contributed by atoms with E-state index in [1.54, 1.807) is 12.1 Å². The first-order valence-electron chi connectivity index (χ1n) is 6.61. The van der Waals surface area contributed by atoms with Crippen molar-refractivity contribution in [3.63, 3.8) is 0 Å². The maximum absolute atomic E-state index is 11.9. The molecule has 20 heavy (non-hydrogen) atoms. The number of nitrogens with one attached hydrogen (secondary N) is 1. The summed E-state index contributed by atoms with van der Waals surface area (Å²) in [5.74, 6) is 0. The van der Waals surface area contributed by atoms with Gasteiger partial charge in [0.1, 0.15) is 0 Å². The second-order valence-electron chi connectivity index (χ2n) is 4.90. The lowest BCUT2D eigenvalue weighted by Crippen LogP contribution is -2.42. The summed E-state index contributed by atoms with van der Waals surface area (Å²) in [5.41, 5.74) is 0.836. The molecule has 1 aromatic rings. The summed E-state index contributed by atoms with van der Waals surface area (Å²) >= 11 is 0. The van der Waals surface area contributed by atoms with Crippen LogP contribution < -0.4 is 10.5 Å². The number of sulfonamides is 1. The largest absolute Gasteiger partial charge is 0.334 e. The zero-order valence-electron chi connectivity index (χ0n) is 11.2. The molecule has 0 spiro atoms. The van der Waals surface area contributed by atoms with E-state index in [-0.39, 0.29) is 10.9 Å². The summed E-state index contributed by atoms with van der Waals surface area (Å²) in [7, 11) is -3.66. The van der Waals surface area contributed by atoms with Crippen molar-refractivity contribution in [2.24, 2.45) is 5.14 Å². The quantitative estimate of drug-likeness (QED) is 0.872. The summed E-state index contributed by atoms with van der Waals surface area (Å²) in [6, 6.07) is 6.11. The van der Waals surface area contributed by atoms with Gasteiger partial charge in [0.05, 0.1) is 4.90 Å². The van der Waals surface area contributed by atoms with Crippen molar-refractivity contribution < 1.29 is 13.2 Å². The summed E-state index contributed by atoms with van der Waals surface area (Å²) in [4.78, 5) is 13.8. The fraction of sp³-hybridized carbons (Fsp3) is 0.462. The molecule has 1 aromatic carbocycles. The summed E-state index contributed by atoms with van der Waals surface area (Å²) in [6.07, 6.45) is 3.28. The fourth-order valence-corrected chi connectivity index (χ4v) is 2.70. The Hall–Kier alpha value is -1.60. The van der Waals surface area contributed by atoms with Crippen LogP contribution in [-0.4, -0.2) is 32.4 Å². The van der Waals surface area contributed by atoms with Gasteiger partial charge in [-0.1, -0.05) is 12.1 Å². The van der Waals surface area contributed by atoms with Crippen LogP contribution in [-0.2, 0) is 16.6 Å². The minimum atomic E-state index is -3.66. The van der Waals surface area contributed by atoms with Crippen molar-refractivity contribution in [1.82, 2.24) is 10.2 Å². The average Bonchev–Trinajstić information content (AvgIpc) is 2.45. The van der Waals surface area contributed by atoms with Gasteiger partial charge in [0.2, 0.25) is 10.0 Å². The van der Waals surface area contributed by atoms with Gasteiger partial charge >= 0.3 is 6.03 Å². The molecule has 6 nitrogen and oxygen atoms in total. The van der Waals surface area contributed by atoms with Gasteiger partial charge in [-0.25, -0.2) is 18.4 Å². The Morgan fingerprint density at radius 3 is 2.30 bits per heavy atom. The maximum atomic E-state index is 11.9. The molecule has 0 bridgehead atoms. The minimum Gasteiger partial charge on any atom is -0.334 e. The van der Waals surface area contributed by atoms with E-state index in [1.807, 2.05) is 4.90 Å². The number of benzene rings is 1. The van der Waals surface area contributed by atoms with Crippen LogP contribution in [0.15, 0.2) is 29.2 Å². The lowest BCUT2D eigenvalue weighted by Gasteiger charge is -2.26. The molecule has 110 valence electrons. The van der Waals surface area contributed by atoms with Crippen LogP contribution >= 0.6 is 0 Å². The number of likely N-dealkylation sites (tertiary alicyclic amines) is 1. The van der Waals surface area contributed by atoms with Gasteiger partial charge in [0.15, 0.2) is 0 Å². The first-order valence-corrected chi connectivity index (χ1v) is 8.16. The monoisotopic (exact) mass is 297 g/mol. The number of hydrogen-bond donors (Lipinski definition) is 2. The van der Waals surface area contributed by atoms with Gasteiger partial charge in [-0.15, -0.1) is 0 Å². The summed E-state index contributed by atoms with van der Waals surface area (Å²) < 4.78 is 22.2. The number of carbonyl (C=O) groups excluding carboxylic acids is 1. The summed E-state index contributed by atoms with van der Waals surface area (Å²) in [6.45, 7) is 1.98. The van der Waals surface area contributed by atoms with E-state index in [9.17, 15) is 13.2 Å². The normalized spacial score (nSPS) is 15.9. The van der Waals surface area contributed by atoms with Gasteiger partial charge in [-0.2, -0.15) is 0 Å². The molecule has 1 aliphatic rings. The molecule has 2 rings (SSSR count). The molecule has 0 atom stereocenters. The van der Waals surface area contributed by atoms with Crippen LogP contribution in [0.4, 0.5) is 4.79 Å². The third kappa shape index (κ3) is 3.94. The number of nitrogens with zero attached hydrogens (tertiary/aromatic N) is 1. The Kier molecular flexibility index (Phi) is 4.61. The van der Waals surface area contributed by atoms with Crippen molar-refractivity contribution in [2.45, 2.75) is 30.7 Å². The third-order valence-electron chi connectivity index (χ3n) is 3.34. The molecule has 0 aliphatic carbocycles. The molecule has 0 saturated carbocycles. The van der Waals surface area contributed by atoms with Gasteiger partial charge in [-0.05, 0) is 37.0 Å². The van der Waals surface area contributed by atoms with Gasteiger partial charge in [-0.3, -0.25) is 0 Å². The van der Waals surface area contributed by atoms with E-state index in [2.05, 4.69) is 5.32 Å². The molecule has 1 aliphatic heterocycles. The Balaban J connectivity index is 1.89. The van der Waals surface area contributed by atoms with E-state index in [1.165, 1.54) is 18.6 Å². The van der Waals surface area contributed by atoms with Crippen LogP contribution in [0.2, 0.25) is 0 Å². The average molecular weight is 297 g/mol. The van der Waals surface area contributed by atoms with Crippen molar-refractivity contribution >= 4 is 16.1 Å². The Bertz CT molecular complexity index is 563. The summed E-state index contributed by atoms with van der Waals surface area (Å²) in [5, 5.41) is 7.86. The number of amides is 2. The Morgan fingerprint density at radius 2 is 1.75 bits per heavy atom. The van der Waals surface area contributed by atoms with Crippen LogP contribution in [0.1, 0.15) is 24.8 Å². The highest BCUT2D eigenvalue weighted by molar-refractivity contribution is 7.89. The van der Waals surface area contributed by atoms with Crippen LogP contribution in [0.25, 0.3) is 0 Å². The van der Waals surface area contributed by atoms with Crippen LogP contribution in [0.3, 0.4) is 0 Å².